The van der Waals surface area contributed by atoms with Gasteiger partial charge in [-0.15, -0.1) is 6.42 Å². The summed E-state index contributed by atoms with van der Waals surface area (Å²) in [7, 11) is 0. The lowest BCUT2D eigenvalue weighted by molar-refractivity contribution is 0.749. The van der Waals surface area contributed by atoms with Crippen LogP contribution in [0.15, 0.2) is 0 Å². The first-order valence-electron chi connectivity index (χ1n) is 2.63. The van der Waals surface area contributed by atoms with E-state index in [1.807, 2.05) is 0 Å². The van der Waals surface area contributed by atoms with Crippen LogP contribution in [0, 0.1) is 12.3 Å². The summed E-state index contributed by atoms with van der Waals surface area (Å²) in [6, 6.07) is 0.375. The summed E-state index contributed by atoms with van der Waals surface area (Å²) in [6.07, 6.45) is 7.53. The maximum absolute atomic E-state index is 5.12. The van der Waals surface area contributed by atoms with Crippen LogP contribution in [-0.2, 0) is 0 Å². The van der Waals surface area contributed by atoms with Crippen LogP contribution in [-0.4, -0.2) is 12.6 Å². The number of rotatable bonds is 0. The maximum Gasteiger partial charge on any atom is 0.0687 e. The summed E-state index contributed by atoms with van der Waals surface area (Å²) in [4.78, 5) is 0. The third kappa shape index (κ3) is 0.942. The fraction of sp³-hybridized carbons (Fsp3) is 0.667. The minimum atomic E-state index is 0.375. The number of hydrogen-bond acceptors (Lipinski definition) is 1. The summed E-state index contributed by atoms with van der Waals surface area (Å²) in [5, 5.41) is 3.17. The fourth-order valence-corrected chi connectivity index (χ4v) is 0.827. The van der Waals surface area contributed by atoms with E-state index in [-0.39, 0.29) is 0 Å². The molecule has 1 heteroatoms. The van der Waals surface area contributed by atoms with Crippen LogP contribution in [0.25, 0.3) is 0 Å². The van der Waals surface area contributed by atoms with Crippen LogP contribution in [0.3, 0.4) is 0 Å². The van der Waals surface area contributed by atoms with Crippen molar-refractivity contribution in [1.82, 2.24) is 5.32 Å². The molecule has 7 heavy (non-hydrogen) atoms. The van der Waals surface area contributed by atoms with Gasteiger partial charge in [0.15, 0.2) is 0 Å². The van der Waals surface area contributed by atoms with E-state index < -0.39 is 0 Å². The molecule has 38 valence electrons. The summed E-state index contributed by atoms with van der Waals surface area (Å²) in [5.41, 5.74) is 0. The molecule has 1 heterocycles. The first-order valence-corrected chi connectivity index (χ1v) is 2.63. The van der Waals surface area contributed by atoms with E-state index in [0.717, 1.165) is 13.0 Å². The molecular weight excluding hydrogens is 86.1 g/mol. The van der Waals surface area contributed by atoms with Gasteiger partial charge >= 0.3 is 0 Å². The zero-order valence-corrected chi connectivity index (χ0v) is 4.28. The van der Waals surface area contributed by atoms with Crippen molar-refractivity contribution in [2.45, 2.75) is 18.9 Å². The molecule has 0 aliphatic carbocycles. The van der Waals surface area contributed by atoms with Crippen molar-refractivity contribution in [2.75, 3.05) is 6.54 Å². The summed E-state index contributed by atoms with van der Waals surface area (Å²) in [5.74, 6) is 2.65. The van der Waals surface area contributed by atoms with Crippen LogP contribution in [0.4, 0.5) is 0 Å². The Morgan fingerprint density at radius 1 is 1.71 bits per heavy atom. The molecule has 0 aromatic heterocycles. The first kappa shape index (κ1) is 4.67. The summed E-state index contributed by atoms with van der Waals surface area (Å²) < 4.78 is 0. The van der Waals surface area contributed by atoms with E-state index in [0.29, 0.717) is 6.04 Å². The average molecular weight is 95.1 g/mol. The van der Waals surface area contributed by atoms with Crippen molar-refractivity contribution >= 4 is 0 Å². The molecule has 0 bridgehead atoms. The van der Waals surface area contributed by atoms with E-state index in [9.17, 15) is 0 Å². The average Bonchev–Trinajstić information content (AvgIpc) is 2.14. The van der Waals surface area contributed by atoms with Crippen molar-refractivity contribution in [3.05, 3.63) is 0 Å². The monoisotopic (exact) mass is 95.1 g/mol. The van der Waals surface area contributed by atoms with Crippen LogP contribution < -0.4 is 5.32 Å². The topological polar surface area (TPSA) is 12.0 Å². The molecule has 1 rings (SSSR count). The zero-order chi connectivity index (χ0) is 5.11. The molecule has 0 amide bonds. The third-order valence-electron chi connectivity index (χ3n) is 1.26. The Morgan fingerprint density at radius 3 is 2.86 bits per heavy atom. The molecule has 0 radical (unpaired) electrons. The highest BCUT2D eigenvalue weighted by molar-refractivity contribution is 5.00. The van der Waals surface area contributed by atoms with Gasteiger partial charge in [0.2, 0.25) is 0 Å². The van der Waals surface area contributed by atoms with Gasteiger partial charge in [-0.2, -0.15) is 0 Å². The summed E-state index contributed by atoms with van der Waals surface area (Å²) >= 11 is 0. The molecule has 0 aromatic carbocycles. The Labute approximate surface area is 44.1 Å². The quantitative estimate of drug-likeness (QED) is 0.429. The number of hydrogen-bond donors (Lipinski definition) is 1. The van der Waals surface area contributed by atoms with E-state index in [1.54, 1.807) is 0 Å². The zero-order valence-electron chi connectivity index (χ0n) is 4.28. The molecule has 1 aliphatic heterocycles. The minimum absolute atomic E-state index is 0.375. The lowest BCUT2D eigenvalue weighted by Gasteiger charge is -1.94. The van der Waals surface area contributed by atoms with Gasteiger partial charge in [0.25, 0.3) is 0 Å². The van der Waals surface area contributed by atoms with E-state index in [4.69, 9.17) is 6.42 Å². The predicted octanol–water partition coefficient (Wildman–Crippen LogP) is 0.372. The Hall–Kier alpha value is -0.480. The normalized spacial score (nSPS) is 29.9. The molecule has 0 saturated carbocycles. The lowest BCUT2D eigenvalue weighted by Crippen LogP contribution is -2.18. The van der Waals surface area contributed by atoms with E-state index in [2.05, 4.69) is 11.2 Å². The van der Waals surface area contributed by atoms with Crippen LogP contribution in [0.1, 0.15) is 12.8 Å². The first-order chi connectivity index (χ1) is 3.43. The van der Waals surface area contributed by atoms with Gasteiger partial charge < -0.3 is 5.32 Å². The van der Waals surface area contributed by atoms with Gasteiger partial charge in [0, 0.05) is 0 Å². The number of terminal acetylenes is 1. The molecule has 1 aliphatic rings. The SMILES string of the molecule is C#C[C@@H]1CCCN1. The Balaban J connectivity index is 2.31. The maximum atomic E-state index is 5.12. The summed E-state index contributed by atoms with van der Waals surface area (Å²) in [6.45, 7) is 1.11. The highest BCUT2D eigenvalue weighted by atomic mass is 14.9. The molecular formula is C6H9N. The second-order valence-corrected chi connectivity index (χ2v) is 1.82. The van der Waals surface area contributed by atoms with Gasteiger partial charge in [0.1, 0.15) is 0 Å². The predicted molar refractivity (Wildman–Crippen MR) is 29.9 cm³/mol. The molecule has 1 saturated heterocycles. The molecule has 1 fully saturated rings. The number of nitrogens with one attached hydrogen (secondary N) is 1. The second-order valence-electron chi connectivity index (χ2n) is 1.82. The minimum Gasteiger partial charge on any atom is -0.304 e. The van der Waals surface area contributed by atoms with Crippen molar-refractivity contribution in [1.29, 1.82) is 0 Å². The Morgan fingerprint density at radius 2 is 2.57 bits per heavy atom. The highest BCUT2D eigenvalue weighted by Gasteiger charge is 2.08. The molecule has 1 N–H and O–H groups in total. The van der Waals surface area contributed by atoms with Gasteiger partial charge in [-0.3, -0.25) is 0 Å². The van der Waals surface area contributed by atoms with Crippen LogP contribution in [0.2, 0.25) is 0 Å². The molecule has 0 aromatic rings. The molecule has 1 nitrogen and oxygen atoms in total. The van der Waals surface area contributed by atoms with Gasteiger partial charge in [-0.1, -0.05) is 5.92 Å². The van der Waals surface area contributed by atoms with Gasteiger partial charge in [-0.05, 0) is 19.4 Å². The molecule has 0 spiro atoms. The van der Waals surface area contributed by atoms with Crippen molar-refractivity contribution in [2.24, 2.45) is 0 Å². The Kier molecular flexibility index (Phi) is 1.33. The highest BCUT2D eigenvalue weighted by Crippen LogP contribution is 2.01. The Bertz CT molecular complexity index is 84.8. The second kappa shape index (κ2) is 1.99. The fourth-order valence-electron chi connectivity index (χ4n) is 0.827. The van der Waals surface area contributed by atoms with Crippen LogP contribution >= 0.6 is 0 Å². The standard InChI is InChI=1S/C6H9N/c1-2-6-4-3-5-7-6/h1,6-7H,3-5H2/t6-/m1/s1. The molecule has 1 atom stereocenters. The van der Waals surface area contributed by atoms with Crippen molar-refractivity contribution in [3.8, 4) is 12.3 Å². The third-order valence-corrected chi connectivity index (χ3v) is 1.26. The van der Waals surface area contributed by atoms with Gasteiger partial charge in [-0.25, -0.2) is 0 Å². The van der Waals surface area contributed by atoms with E-state index >= 15 is 0 Å². The lowest BCUT2D eigenvalue weighted by atomic mass is 10.2. The molecule has 0 unspecified atom stereocenters. The van der Waals surface area contributed by atoms with Gasteiger partial charge in [0.05, 0.1) is 6.04 Å². The van der Waals surface area contributed by atoms with Crippen molar-refractivity contribution < 1.29 is 0 Å². The van der Waals surface area contributed by atoms with Crippen molar-refractivity contribution in [3.63, 3.8) is 0 Å². The largest absolute Gasteiger partial charge is 0.304 e. The smallest absolute Gasteiger partial charge is 0.0687 e. The van der Waals surface area contributed by atoms with E-state index in [1.165, 1.54) is 6.42 Å². The van der Waals surface area contributed by atoms with Crippen LogP contribution in [0.5, 0.6) is 0 Å².